The molecule has 0 aliphatic heterocycles. The van der Waals surface area contributed by atoms with Gasteiger partial charge in [-0.1, -0.05) is 0 Å². The maximum atomic E-state index is 10.6. The van der Waals surface area contributed by atoms with Crippen LogP contribution < -0.4 is 0 Å². The molecule has 0 amide bonds. The van der Waals surface area contributed by atoms with Gasteiger partial charge in [-0.2, -0.15) is 0 Å². The second kappa shape index (κ2) is 4.14. The van der Waals surface area contributed by atoms with Crippen LogP contribution in [0.1, 0.15) is 10.4 Å². The van der Waals surface area contributed by atoms with Gasteiger partial charge in [0.25, 0.3) is 0 Å². The fourth-order valence-electron chi connectivity index (χ4n) is 1.24. The summed E-state index contributed by atoms with van der Waals surface area (Å²) in [4.78, 5) is 14.6. The number of aromatic nitrogens is 1. The molecule has 0 fully saturated rings. The third-order valence-corrected chi connectivity index (χ3v) is 1.91. The van der Waals surface area contributed by atoms with Crippen molar-refractivity contribution in [1.82, 2.24) is 4.98 Å². The minimum atomic E-state index is -1.03. The van der Waals surface area contributed by atoms with Crippen LogP contribution in [0.2, 0.25) is 0 Å². The molecule has 2 aromatic rings. The number of carboxylic acid groups (broad SMARTS) is 1. The van der Waals surface area contributed by atoms with Crippen molar-refractivity contribution in [3.63, 3.8) is 0 Å². The number of halogens is 1. The van der Waals surface area contributed by atoms with Crippen LogP contribution in [0.4, 0.5) is 0 Å². The predicted octanol–water partition coefficient (Wildman–Crippen LogP) is 2.06. The smallest absolute Gasteiger partial charge is 0.337 e. The molecular weight excluding hydrogens is 218 g/mol. The van der Waals surface area contributed by atoms with Gasteiger partial charge in [-0.25, -0.2) is 4.79 Å². The first kappa shape index (κ1) is 11.3. The molecule has 1 heterocycles. The fourth-order valence-corrected chi connectivity index (χ4v) is 1.24. The van der Waals surface area contributed by atoms with Crippen LogP contribution in [-0.2, 0) is 0 Å². The summed E-state index contributed by atoms with van der Waals surface area (Å²) < 4.78 is 0. The molecule has 2 N–H and O–H groups in total. The molecule has 0 bridgehead atoms. The lowest BCUT2D eigenvalue weighted by atomic mass is 10.1. The summed E-state index contributed by atoms with van der Waals surface area (Å²) in [5.74, 6) is -0.926. The zero-order chi connectivity index (χ0) is 10.1. The van der Waals surface area contributed by atoms with Gasteiger partial charge in [-0.15, -0.1) is 12.4 Å². The Hall–Kier alpha value is -1.81. The van der Waals surface area contributed by atoms with E-state index in [4.69, 9.17) is 5.11 Å². The van der Waals surface area contributed by atoms with E-state index in [0.717, 1.165) is 0 Å². The number of carboxylic acids is 1. The van der Waals surface area contributed by atoms with Gasteiger partial charge >= 0.3 is 5.97 Å². The molecule has 0 spiro atoms. The summed E-state index contributed by atoms with van der Waals surface area (Å²) in [6.07, 6.45) is 1.29. The van der Waals surface area contributed by atoms with Gasteiger partial charge in [-0.3, -0.25) is 4.98 Å². The van der Waals surface area contributed by atoms with Crippen molar-refractivity contribution in [3.05, 3.63) is 36.0 Å². The number of carbonyl (C=O) groups is 1. The molecular formula is C10H8ClNO3. The van der Waals surface area contributed by atoms with Gasteiger partial charge in [0.05, 0.1) is 11.1 Å². The van der Waals surface area contributed by atoms with Gasteiger partial charge in [0.2, 0.25) is 0 Å². The van der Waals surface area contributed by atoms with Crippen LogP contribution in [0.3, 0.4) is 0 Å². The number of hydrogen-bond donors (Lipinski definition) is 2. The SMILES string of the molecule is Cl.O=C(O)c1cnc2ccc(O)cc2c1. The van der Waals surface area contributed by atoms with E-state index >= 15 is 0 Å². The summed E-state index contributed by atoms with van der Waals surface area (Å²) >= 11 is 0. The summed E-state index contributed by atoms with van der Waals surface area (Å²) in [5.41, 5.74) is 0.774. The second-order valence-corrected chi connectivity index (χ2v) is 2.91. The van der Waals surface area contributed by atoms with Crippen molar-refractivity contribution < 1.29 is 15.0 Å². The standard InChI is InChI=1S/C10H7NO3.ClH/c12-8-1-2-9-6(4-8)3-7(5-11-9)10(13)14;/h1-5,12H,(H,13,14);1H. The van der Waals surface area contributed by atoms with Crippen LogP contribution in [-0.4, -0.2) is 21.2 Å². The molecule has 2 rings (SSSR count). The first-order valence-corrected chi connectivity index (χ1v) is 3.99. The number of hydrogen-bond acceptors (Lipinski definition) is 3. The van der Waals surface area contributed by atoms with Crippen molar-refractivity contribution in [1.29, 1.82) is 0 Å². The Labute approximate surface area is 91.6 Å². The maximum Gasteiger partial charge on any atom is 0.337 e. The zero-order valence-corrected chi connectivity index (χ0v) is 8.36. The molecule has 0 radical (unpaired) electrons. The first-order chi connectivity index (χ1) is 6.66. The average molecular weight is 226 g/mol. The van der Waals surface area contributed by atoms with Gasteiger partial charge in [0.15, 0.2) is 0 Å². The molecule has 0 aliphatic carbocycles. The summed E-state index contributed by atoms with van der Waals surface area (Å²) in [6.45, 7) is 0. The van der Waals surface area contributed by atoms with E-state index in [9.17, 15) is 9.90 Å². The lowest BCUT2D eigenvalue weighted by molar-refractivity contribution is 0.0696. The third kappa shape index (κ3) is 2.16. The van der Waals surface area contributed by atoms with E-state index in [1.165, 1.54) is 24.4 Å². The summed E-state index contributed by atoms with van der Waals surface area (Å²) in [7, 11) is 0. The monoisotopic (exact) mass is 225 g/mol. The highest BCUT2D eigenvalue weighted by molar-refractivity contribution is 5.92. The number of benzene rings is 1. The van der Waals surface area contributed by atoms with Crippen LogP contribution in [0.5, 0.6) is 5.75 Å². The number of phenols is 1. The van der Waals surface area contributed by atoms with Gasteiger partial charge in [0.1, 0.15) is 5.75 Å². The van der Waals surface area contributed by atoms with Crippen molar-refractivity contribution in [2.45, 2.75) is 0 Å². The molecule has 5 heteroatoms. The van der Waals surface area contributed by atoms with Crippen LogP contribution in [0.25, 0.3) is 10.9 Å². The molecule has 0 unspecified atom stereocenters. The lowest BCUT2D eigenvalue weighted by Gasteiger charge is -1.99. The second-order valence-electron chi connectivity index (χ2n) is 2.91. The average Bonchev–Trinajstić information content (AvgIpc) is 2.16. The highest BCUT2D eigenvalue weighted by Crippen LogP contribution is 2.18. The van der Waals surface area contributed by atoms with Crippen molar-refractivity contribution in [3.8, 4) is 5.75 Å². The Balaban J connectivity index is 0.00000112. The predicted molar refractivity (Wildman–Crippen MR) is 57.6 cm³/mol. The normalized spacial score (nSPS) is 9.60. The fraction of sp³-hybridized carbons (Fsp3) is 0. The quantitative estimate of drug-likeness (QED) is 0.779. The van der Waals surface area contributed by atoms with Crippen molar-refractivity contribution >= 4 is 29.3 Å². The number of aromatic hydroxyl groups is 1. The molecule has 78 valence electrons. The molecule has 0 saturated heterocycles. The van der Waals surface area contributed by atoms with Crippen LogP contribution >= 0.6 is 12.4 Å². The van der Waals surface area contributed by atoms with E-state index in [-0.39, 0.29) is 23.7 Å². The highest BCUT2D eigenvalue weighted by Gasteiger charge is 2.04. The Bertz CT molecular complexity index is 513. The Morgan fingerprint density at radius 2 is 2.00 bits per heavy atom. The van der Waals surface area contributed by atoms with Gasteiger partial charge in [-0.05, 0) is 24.3 Å². The number of phenolic OH excluding ortho intramolecular Hbond substituents is 1. The Morgan fingerprint density at radius 1 is 1.27 bits per heavy atom. The molecule has 15 heavy (non-hydrogen) atoms. The number of fused-ring (bicyclic) bond motifs is 1. The Kier molecular flexibility index (Phi) is 3.11. The lowest BCUT2D eigenvalue weighted by Crippen LogP contribution is -1.96. The van der Waals surface area contributed by atoms with Crippen LogP contribution in [0, 0.1) is 0 Å². The van der Waals surface area contributed by atoms with Crippen LogP contribution in [0.15, 0.2) is 30.5 Å². The van der Waals surface area contributed by atoms with E-state index in [1.54, 1.807) is 6.07 Å². The molecule has 4 nitrogen and oxygen atoms in total. The van der Waals surface area contributed by atoms with Gasteiger partial charge in [0, 0.05) is 11.6 Å². The highest BCUT2D eigenvalue weighted by atomic mass is 35.5. The molecule has 1 aromatic carbocycles. The number of nitrogens with zero attached hydrogens (tertiary/aromatic N) is 1. The first-order valence-electron chi connectivity index (χ1n) is 3.99. The third-order valence-electron chi connectivity index (χ3n) is 1.91. The largest absolute Gasteiger partial charge is 0.508 e. The number of aromatic carboxylic acids is 1. The van der Waals surface area contributed by atoms with Crippen molar-refractivity contribution in [2.24, 2.45) is 0 Å². The Morgan fingerprint density at radius 3 is 2.67 bits per heavy atom. The van der Waals surface area contributed by atoms with E-state index < -0.39 is 5.97 Å². The minimum absolute atomic E-state index is 0. The summed E-state index contributed by atoms with van der Waals surface area (Å²) in [6, 6.07) is 6.10. The summed E-state index contributed by atoms with van der Waals surface area (Å²) in [5, 5.41) is 18.5. The molecule has 0 aliphatic rings. The van der Waals surface area contributed by atoms with E-state index in [0.29, 0.717) is 10.9 Å². The minimum Gasteiger partial charge on any atom is -0.508 e. The van der Waals surface area contributed by atoms with Gasteiger partial charge < -0.3 is 10.2 Å². The van der Waals surface area contributed by atoms with E-state index in [1.807, 2.05) is 0 Å². The number of rotatable bonds is 1. The maximum absolute atomic E-state index is 10.6. The zero-order valence-electron chi connectivity index (χ0n) is 7.54. The van der Waals surface area contributed by atoms with E-state index in [2.05, 4.69) is 4.98 Å². The molecule has 0 saturated carbocycles. The molecule has 1 aromatic heterocycles. The molecule has 0 atom stereocenters. The number of pyridine rings is 1. The van der Waals surface area contributed by atoms with Crippen molar-refractivity contribution in [2.75, 3.05) is 0 Å². The topological polar surface area (TPSA) is 70.4 Å².